The Morgan fingerprint density at radius 1 is 0.606 bits per heavy atom. The molecular formula is C27H26N2O4. The summed E-state index contributed by atoms with van der Waals surface area (Å²) in [5.41, 5.74) is 1.20. The molecule has 0 fully saturated rings. The Hall–Kier alpha value is -4.06. The SMILES string of the molecule is COc1ccc2cc(C(=O)NCCCNC(=O)c3ccc4cc(OC)ccc4c3)ccc2c1. The second-order valence-electron chi connectivity index (χ2n) is 7.72. The van der Waals surface area contributed by atoms with Gasteiger partial charge in [0.15, 0.2) is 0 Å². The van der Waals surface area contributed by atoms with Crippen LogP contribution in [0.2, 0.25) is 0 Å². The molecule has 0 spiro atoms. The molecule has 168 valence electrons. The number of nitrogens with one attached hydrogen (secondary N) is 2. The summed E-state index contributed by atoms with van der Waals surface area (Å²) in [4.78, 5) is 24.9. The third kappa shape index (κ3) is 5.23. The molecule has 4 rings (SSSR count). The summed E-state index contributed by atoms with van der Waals surface area (Å²) in [5.74, 6) is 1.30. The lowest BCUT2D eigenvalue weighted by molar-refractivity contribution is 0.0952. The predicted molar refractivity (Wildman–Crippen MR) is 130 cm³/mol. The van der Waals surface area contributed by atoms with Crippen LogP contribution < -0.4 is 20.1 Å². The second kappa shape index (κ2) is 10.0. The fourth-order valence-corrected chi connectivity index (χ4v) is 3.68. The van der Waals surface area contributed by atoms with Crippen molar-refractivity contribution >= 4 is 33.4 Å². The van der Waals surface area contributed by atoms with Gasteiger partial charge in [0.25, 0.3) is 11.8 Å². The zero-order valence-corrected chi connectivity index (χ0v) is 18.7. The zero-order valence-electron chi connectivity index (χ0n) is 18.7. The monoisotopic (exact) mass is 442 g/mol. The molecule has 2 N–H and O–H groups in total. The maximum Gasteiger partial charge on any atom is 0.251 e. The summed E-state index contributed by atoms with van der Waals surface area (Å²) in [6.45, 7) is 0.939. The topological polar surface area (TPSA) is 76.7 Å². The minimum absolute atomic E-state index is 0.135. The molecular weight excluding hydrogens is 416 g/mol. The highest BCUT2D eigenvalue weighted by Gasteiger charge is 2.08. The first-order valence-corrected chi connectivity index (χ1v) is 10.8. The van der Waals surface area contributed by atoms with Gasteiger partial charge in [-0.05, 0) is 76.5 Å². The first kappa shape index (κ1) is 22.1. The number of fused-ring (bicyclic) bond motifs is 2. The fraction of sp³-hybridized carbons (Fsp3) is 0.185. The number of carbonyl (C=O) groups is 2. The number of hydrogen-bond acceptors (Lipinski definition) is 4. The van der Waals surface area contributed by atoms with Crippen molar-refractivity contribution in [1.29, 1.82) is 0 Å². The van der Waals surface area contributed by atoms with Crippen LogP contribution in [0.4, 0.5) is 0 Å². The smallest absolute Gasteiger partial charge is 0.251 e. The third-order valence-corrected chi connectivity index (χ3v) is 5.54. The van der Waals surface area contributed by atoms with E-state index >= 15 is 0 Å². The Morgan fingerprint density at radius 3 is 1.42 bits per heavy atom. The molecule has 0 radical (unpaired) electrons. The van der Waals surface area contributed by atoms with E-state index in [-0.39, 0.29) is 11.8 Å². The van der Waals surface area contributed by atoms with Gasteiger partial charge in [0.2, 0.25) is 0 Å². The van der Waals surface area contributed by atoms with E-state index in [4.69, 9.17) is 9.47 Å². The van der Waals surface area contributed by atoms with Gasteiger partial charge in [-0.15, -0.1) is 0 Å². The van der Waals surface area contributed by atoms with E-state index in [0.29, 0.717) is 30.6 Å². The van der Waals surface area contributed by atoms with Crippen LogP contribution in [-0.2, 0) is 0 Å². The molecule has 4 aromatic rings. The van der Waals surface area contributed by atoms with Crippen LogP contribution in [-0.4, -0.2) is 39.1 Å². The van der Waals surface area contributed by atoms with Crippen molar-refractivity contribution in [2.75, 3.05) is 27.3 Å². The lowest BCUT2D eigenvalue weighted by Gasteiger charge is -2.09. The van der Waals surface area contributed by atoms with Crippen LogP contribution in [0.1, 0.15) is 27.1 Å². The van der Waals surface area contributed by atoms with Crippen molar-refractivity contribution in [3.05, 3.63) is 83.9 Å². The average molecular weight is 443 g/mol. The van der Waals surface area contributed by atoms with Crippen molar-refractivity contribution < 1.29 is 19.1 Å². The Bertz CT molecular complexity index is 1220. The summed E-state index contributed by atoms with van der Waals surface area (Å²) < 4.78 is 10.5. The predicted octanol–water partition coefficient (Wildman–Crippen LogP) is 4.56. The Labute approximate surface area is 192 Å². The van der Waals surface area contributed by atoms with Gasteiger partial charge in [-0.2, -0.15) is 0 Å². The molecule has 0 aliphatic heterocycles. The number of carbonyl (C=O) groups excluding carboxylic acids is 2. The van der Waals surface area contributed by atoms with E-state index in [1.165, 1.54) is 0 Å². The maximum atomic E-state index is 12.5. The van der Waals surface area contributed by atoms with Crippen molar-refractivity contribution in [2.24, 2.45) is 0 Å². The highest BCUT2D eigenvalue weighted by molar-refractivity contribution is 5.99. The number of benzene rings is 4. The minimum Gasteiger partial charge on any atom is -0.497 e. The maximum absolute atomic E-state index is 12.5. The van der Waals surface area contributed by atoms with Crippen molar-refractivity contribution in [3.63, 3.8) is 0 Å². The minimum atomic E-state index is -0.135. The van der Waals surface area contributed by atoms with Gasteiger partial charge < -0.3 is 20.1 Å². The number of hydrogen-bond donors (Lipinski definition) is 2. The number of amides is 2. The largest absolute Gasteiger partial charge is 0.497 e. The molecule has 0 atom stereocenters. The van der Waals surface area contributed by atoms with Gasteiger partial charge in [0.1, 0.15) is 11.5 Å². The first-order valence-electron chi connectivity index (χ1n) is 10.8. The lowest BCUT2D eigenvalue weighted by atomic mass is 10.1. The van der Waals surface area contributed by atoms with E-state index in [0.717, 1.165) is 33.0 Å². The summed E-state index contributed by atoms with van der Waals surface area (Å²) in [7, 11) is 3.26. The van der Waals surface area contributed by atoms with Gasteiger partial charge in [-0.1, -0.05) is 24.3 Å². The summed E-state index contributed by atoms with van der Waals surface area (Å²) >= 11 is 0. The number of ether oxygens (including phenoxy) is 2. The molecule has 2 amide bonds. The quantitative estimate of drug-likeness (QED) is 0.392. The van der Waals surface area contributed by atoms with E-state index in [9.17, 15) is 9.59 Å². The second-order valence-corrected chi connectivity index (χ2v) is 7.72. The normalized spacial score (nSPS) is 10.7. The molecule has 33 heavy (non-hydrogen) atoms. The average Bonchev–Trinajstić information content (AvgIpc) is 2.86. The number of rotatable bonds is 8. The van der Waals surface area contributed by atoms with E-state index in [2.05, 4.69) is 10.6 Å². The molecule has 0 saturated carbocycles. The van der Waals surface area contributed by atoms with Crippen LogP contribution in [0.15, 0.2) is 72.8 Å². The van der Waals surface area contributed by atoms with Crippen LogP contribution in [0, 0.1) is 0 Å². The van der Waals surface area contributed by atoms with E-state index in [1.54, 1.807) is 26.4 Å². The Balaban J connectivity index is 1.26. The van der Waals surface area contributed by atoms with E-state index in [1.807, 2.05) is 60.7 Å². The highest BCUT2D eigenvalue weighted by Crippen LogP contribution is 2.23. The molecule has 4 aromatic carbocycles. The van der Waals surface area contributed by atoms with Gasteiger partial charge in [-0.25, -0.2) is 0 Å². The molecule has 0 heterocycles. The molecule has 6 nitrogen and oxygen atoms in total. The van der Waals surface area contributed by atoms with Crippen LogP contribution in [0.3, 0.4) is 0 Å². The van der Waals surface area contributed by atoms with Crippen LogP contribution in [0.5, 0.6) is 11.5 Å². The van der Waals surface area contributed by atoms with Crippen molar-refractivity contribution in [1.82, 2.24) is 10.6 Å². The van der Waals surface area contributed by atoms with Gasteiger partial charge in [0, 0.05) is 24.2 Å². The Morgan fingerprint density at radius 2 is 1.00 bits per heavy atom. The fourth-order valence-electron chi connectivity index (χ4n) is 3.68. The Kier molecular flexibility index (Phi) is 6.74. The van der Waals surface area contributed by atoms with Crippen LogP contribution in [0.25, 0.3) is 21.5 Å². The lowest BCUT2D eigenvalue weighted by Crippen LogP contribution is -2.29. The molecule has 0 saturated heterocycles. The van der Waals surface area contributed by atoms with Gasteiger partial charge in [0.05, 0.1) is 14.2 Å². The molecule has 0 unspecified atom stereocenters. The van der Waals surface area contributed by atoms with Gasteiger partial charge in [-0.3, -0.25) is 9.59 Å². The number of methoxy groups -OCH3 is 2. The summed E-state index contributed by atoms with van der Waals surface area (Å²) in [5, 5.41) is 9.80. The van der Waals surface area contributed by atoms with Crippen molar-refractivity contribution in [3.8, 4) is 11.5 Å². The van der Waals surface area contributed by atoms with E-state index < -0.39 is 0 Å². The summed E-state index contributed by atoms with van der Waals surface area (Å²) in [6.07, 6.45) is 0.632. The third-order valence-electron chi connectivity index (χ3n) is 5.54. The first-order chi connectivity index (χ1) is 16.1. The highest BCUT2D eigenvalue weighted by atomic mass is 16.5. The molecule has 0 aromatic heterocycles. The molecule has 0 bridgehead atoms. The summed E-state index contributed by atoms with van der Waals surface area (Å²) in [6, 6.07) is 22.6. The van der Waals surface area contributed by atoms with Crippen LogP contribution >= 0.6 is 0 Å². The van der Waals surface area contributed by atoms with Crippen molar-refractivity contribution in [2.45, 2.75) is 6.42 Å². The molecule has 6 heteroatoms. The standard InChI is InChI=1S/C27H26N2O4/c1-32-24-10-8-18-14-22(6-4-20(18)16-24)26(30)28-12-3-13-29-27(31)23-7-5-21-17-25(33-2)11-9-19(21)15-23/h4-11,14-17H,3,12-13H2,1-2H3,(H,28,30)(H,29,31). The molecule has 0 aliphatic rings. The molecule has 0 aliphatic carbocycles. The van der Waals surface area contributed by atoms with Gasteiger partial charge >= 0.3 is 0 Å². The zero-order chi connectivity index (χ0) is 23.2.